The second-order valence-corrected chi connectivity index (χ2v) is 12.8. The molecule has 42 heavy (non-hydrogen) atoms. The molecule has 0 aliphatic heterocycles. The molecule has 0 N–H and O–H groups in total. The Morgan fingerprint density at radius 3 is 1.98 bits per heavy atom. The van der Waals surface area contributed by atoms with Crippen LogP contribution in [0.2, 0.25) is 0 Å². The molecule has 0 amide bonds. The molecule has 2 aromatic rings. The van der Waals surface area contributed by atoms with Crippen molar-refractivity contribution in [3.8, 4) is 5.88 Å². The highest BCUT2D eigenvalue weighted by atomic mass is 32.2. The molecule has 0 radical (unpaired) electrons. The molecular weight excluding hydrogens is 546 g/mol. The van der Waals surface area contributed by atoms with Gasteiger partial charge in [0.1, 0.15) is 19.0 Å². The molecule has 2 rings (SSSR count). The zero-order valence-electron chi connectivity index (χ0n) is 26.3. The summed E-state index contributed by atoms with van der Waals surface area (Å²) in [6.07, 6.45) is 28.5. The molecular formula is C34H58N3O4S+. The van der Waals surface area contributed by atoms with Gasteiger partial charge in [0.2, 0.25) is 5.88 Å². The van der Waals surface area contributed by atoms with Crippen LogP contribution >= 0.6 is 0 Å². The fourth-order valence-corrected chi connectivity index (χ4v) is 5.95. The van der Waals surface area contributed by atoms with E-state index in [1.54, 1.807) is 12.3 Å². The molecule has 0 fully saturated rings. The van der Waals surface area contributed by atoms with Crippen LogP contribution in [-0.4, -0.2) is 58.2 Å². The van der Waals surface area contributed by atoms with Crippen molar-refractivity contribution >= 4 is 10.8 Å². The maximum atomic E-state index is 12.7. The molecule has 2 unspecified atom stereocenters. The van der Waals surface area contributed by atoms with E-state index in [2.05, 4.69) is 21.5 Å². The van der Waals surface area contributed by atoms with Crippen molar-refractivity contribution < 1.29 is 23.0 Å². The van der Waals surface area contributed by atoms with Gasteiger partial charge < -0.3 is 14.2 Å². The molecule has 7 nitrogen and oxygen atoms in total. The number of pyridine rings is 1. The van der Waals surface area contributed by atoms with Gasteiger partial charge in [-0.15, -0.1) is 0 Å². The molecule has 0 spiro atoms. The Hall–Kier alpha value is -1.90. The molecule has 8 heteroatoms. The topological polar surface area (TPSA) is 74.4 Å². The zero-order valence-corrected chi connectivity index (χ0v) is 27.2. The number of nitrogens with zero attached hydrogens (tertiary/aromatic N) is 3. The Balaban J connectivity index is 1.47. The van der Waals surface area contributed by atoms with Crippen LogP contribution in [0.1, 0.15) is 110 Å². The fourth-order valence-electron chi connectivity index (χ4n) is 4.90. The predicted octanol–water partition coefficient (Wildman–Crippen LogP) is 7.26. The summed E-state index contributed by atoms with van der Waals surface area (Å²) >= 11 is 0. The third-order valence-corrected chi connectivity index (χ3v) is 8.75. The van der Waals surface area contributed by atoms with E-state index >= 15 is 0 Å². The summed E-state index contributed by atoms with van der Waals surface area (Å²) in [4.78, 5) is 8.10. The molecule has 0 aromatic carbocycles. The Labute approximate surface area is 258 Å². The van der Waals surface area contributed by atoms with E-state index in [1.807, 2.05) is 30.6 Å². The van der Waals surface area contributed by atoms with Crippen molar-refractivity contribution in [2.24, 2.45) is 0 Å². The number of unbranched alkanes of at least 4 members (excludes halogenated alkanes) is 15. The molecule has 2 aromatic heterocycles. The van der Waals surface area contributed by atoms with Crippen molar-refractivity contribution in [3.63, 3.8) is 0 Å². The third kappa shape index (κ3) is 20.9. The number of hydrogen-bond acceptors (Lipinski definition) is 6. The van der Waals surface area contributed by atoms with Crippen molar-refractivity contribution in [2.45, 2.75) is 122 Å². The normalized spacial score (nSPS) is 12.8. The standard InChI is InChI=1S/C34H58N3O4S/c1-2-3-4-5-6-7-8-9-10-11-12-13-14-15-16-20-26-40-30-33(41-34-21-22-35-32-36-34)31-42(38)29-28-39-27-25-37-23-18-17-19-24-37/h17-19,21-24,32-33H,2-16,20,25-31H2,1H3/q+1. The SMILES string of the molecule is CCCCCCCCCCCCCCCCCCOCC(CS(=O)CCOCC[n+]1ccccc1)Oc1ccncn1. The van der Waals surface area contributed by atoms with Gasteiger partial charge in [-0.3, -0.25) is 4.21 Å². The second-order valence-electron chi connectivity index (χ2n) is 11.2. The molecule has 0 aliphatic carbocycles. The molecule has 238 valence electrons. The Bertz CT molecular complexity index is 876. The first kappa shape index (κ1) is 36.3. The second kappa shape index (κ2) is 26.7. The lowest BCUT2D eigenvalue weighted by Gasteiger charge is -2.18. The van der Waals surface area contributed by atoms with Gasteiger partial charge in [0.25, 0.3) is 0 Å². The minimum Gasteiger partial charge on any atom is -0.471 e. The van der Waals surface area contributed by atoms with Crippen LogP contribution < -0.4 is 9.30 Å². The number of ether oxygens (including phenoxy) is 3. The molecule has 0 saturated carbocycles. The summed E-state index contributed by atoms with van der Waals surface area (Å²) < 4.78 is 32.4. The van der Waals surface area contributed by atoms with Crippen LogP contribution in [0.5, 0.6) is 5.88 Å². The van der Waals surface area contributed by atoms with E-state index in [1.165, 1.54) is 103 Å². The average molecular weight is 605 g/mol. The summed E-state index contributed by atoms with van der Waals surface area (Å²) in [5.74, 6) is 1.34. The lowest BCUT2D eigenvalue weighted by atomic mass is 10.0. The van der Waals surface area contributed by atoms with Crippen LogP contribution in [0.15, 0.2) is 49.2 Å². The first-order valence-corrected chi connectivity index (χ1v) is 18.1. The minimum atomic E-state index is -1.07. The first-order chi connectivity index (χ1) is 20.8. The summed E-state index contributed by atoms with van der Waals surface area (Å²) in [6, 6.07) is 7.70. The van der Waals surface area contributed by atoms with Crippen LogP contribution in [0, 0.1) is 0 Å². The van der Waals surface area contributed by atoms with Crippen LogP contribution in [0.3, 0.4) is 0 Å². The van der Waals surface area contributed by atoms with E-state index in [0.717, 1.165) is 13.0 Å². The van der Waals surface area contributed by atoms with E-state index in [0.29, 0.717) is 43.8 Å². The summed E-state index contributed by atoms with van der Waals surface area (Å²) in [5.41, 5.74) is 0. The van der Waals surface area contributed by atoms with Gasteiger partial charge in [0.05, 0.1) is 19.0 Å². The maximum absolute atomic E-state index is 12.7. The zero-order chi connectivity index (χ0) is 29.8. The maximum Gasteiger partial charge on any atom is 0.216 e. The number of rotatable bonds is 29. The van der Waals surface area contributed by atoms with Crippen molar-refractivity contribution in [1.82, 2.24) is 9.97 Å². The van der Waals surface area contributed by atoms with Gasteiger partial charge in [0, 0.05) is 47.6 Å². The van der Waals surface area contributed by atoms with Crippen LogP contribution in [0.25, 0.3) is 0 Å². The Morgan fingerprint density at radius 1 is 0.762 bits per heavy atom. The van der Waals surface area contributed by atoms with Gasteiger partial charge in [-0.05, 0) is 6.42 Å². The predicted molar refractivity (Wildman–Crippen MR) is 172 cm³/mol. The summed E-state index contributed by atoms with van der Waals surface area (Å²) in [6.45, 7) is 5.22. The summed E-state index contributed by atoms with van der Waals surface area (Å²) in [7, 11) is -1.07. The van der Waals surface area contributed by atoms with Gasteiger partial charge in [-0.1, -0.05) is 109 Å². The molecule has 2 atom stereocenters. The van der Waals surface area contributed by atoms with Gasteiger partial charge in [0.15, 0.2) is 18.9 Å². The van der Waals surface area contributed by atoms with Gasteiger partial charge in [-0.2, -0.15) is 0 Å². The van der Waals surface area contributed by atoms with Crippen molar-refractivity contribution in [3.05, 3.63) is 49.2 Å². The van der Waals surface area contributed by atoms with E-state index in [4.69, 9.17) is 14.2 Å². The van der Waals surface area contributed by atoms with E-state index in [-0.39, 0.29) is 6.10 Å². The molecule has 0 saturated heterocycles. The monoisotopic (exact) mass is 604 g/mol. The lowest BCUT2D eigenvalue weighted by molar-refractivity contribution is -0.698. The lowest BCUT2D eigenvalue weighted by Crippen LogP contribution is -2.35. The smallest absolute Gasteiger partial charge is 0.216 e. The summed E-state index contributed by atoms with van der Waals surface area (Å²) in [5, 5.41) is 0. The average Bonchev–Trinajstić information content (AvgIpc) is 3.01. The van der Waals surface area contributed by atoms with E-state index in [9.17, 15) is 4.21 Å². The quantitative estimate of drug-likeness (QED) is 0.0719. The Kier molecular flexibility index (Phi) is 23.1. The van der Waals surface area contributed by atoms with Crippen molar-refractivity contribution in [2.75, 3.05) is 37.9 Å². The highest BCUT2D eigenvalue weighted by Crippen LogP contribution is 2.14. The van der Waals surface area contributed by atoms with Crippen molar-refractivity contribution in [1.29, 1.82) is 0 Å². The highest BCUT2D eigenvalue weighted by molar-refractivity contribution is 7.85. The largest absolute Gasteiger partial charge is 0.471 e. The first-order valence-electron chi connectivity index (χ1n) is 16.6. The van der Waals surface area contributed by atoms with Gasteiger partial charge >= 0.3 is 0 Å². The van der Waals surface area contributed by atoms with Crippen LogP contribution in [-0.2, 0) is 26.8 Å². The molecule has 0 bridgehead atoms. The fraction of sp³-hybridized carbons (Fsp3) is 0.735. The molecule has 0 aliphatic rings. The number of hydrogen-bond donors (Lipinski definition) is 0. The minimum absolute atomic E-state index is 0.318. The number of aromatic nitrogens is 3. The highest BCUT2D eigenvalue weighted by Gasteiger charge is 2.16. The van der Waals surface area contributed by atoms with E-state index < -0.39 is 10.8 Å². The molecule has 2 heterocycles. The Morgan fingerprint density at radius 2 is 1.38 bits per heavy atom. The van der Waals surface area contributed by atoms with Gasteiger partial charge in [-0.25, -0.2) is 14.5 Å². The van der Waals surface area contributed by atoms with Crippen LogP contribution in [0.4, 0.5) is 0 Å². The third-order valence-electron chi connectivity index (χ3n) is 7.39.